The van der Waals surface area contributed by atoms with Gasteiger partial charge in [0.2, 0.25) is 0 Å². The molecule has 0 unspecified atom stereocenters. The lowest BCUT2D eigenvalue weighted by atomic mass is 10.2. The molecule has 1 heterocycles. The van der Waals surface area contributed by atoms with E-state index >= 15 is 0 Å². The summed E-state index contributed by atoms with van der Waals surface area (Å²) in [5.74, 6) is -0.477. The summed E-state index contributed by atoms with van der Waals surface area (Å²) >= 11 is 0. The van der Waals surface area contributed by atoms with Gasteiger partial charge in [0.25, 0.3) is 0 Å². The molecule has 70 valence electrons. The van der Waals surface area contributed by atoms with Crippen molar-refractivity contribution in [1.82, 2.24) is 14.8 Å². The number of aldehydes is 1. The molecule has 5 heteroatoms. The smallest absolute Gasteiger partial charge is 0.150 e. The maximum Gasteiger partial charge on any atom is 0.150 e. The van der Waals surface area contributed by atoms with Crippen LogP contribution in [0.5, 0.6) is 0 Å². The van der Waals surface area contributed by atoms with E-state index in [0.29, 0.717) is 17.5 Å². The Labute approximate surface area is 79.0 Å². The number of hydrogen-bond donors (Lipinski definition) is 0. The van der Waals surface area contributed by atoms with Gasteiger partial charge in [0.1, 0.15) is 24.8 Å². The van der Waals surface area contributed by atoms with E-state index in [0.717, 1.165) is 0 Å². The fraction of sp³-hybridized carbons (Fsp3) is 0. The van der Waals surface area contributed by atoms with Crippen LogP contribution in [0.25, 0.3) is 5.69 Å². The zero-order chi connectivity index (χ0) is 9.97. The van der Waals surface area contributed by atoms with Gasteiger partial charge >= 0.3 is 0 Å². The zero-order valence-corrected chi connectivity index (χ0v) is 7.09. The van der Waals surface area contributed by atoms with Gasteiger partial charge in [-0.15, -0.1) is 10.2 Å². The molecule has 0 radical (unpaired) electrons. The van der Waals surface area contributed by atoms with Crippen molar-refractivity contribution in [2.24, 2.45) is 0 Å². The number of halogens is 1. The Morgan fingerprint density at radius 1 is 1.29 bits per heavy atom. The lowest BCUT2D eigenvalue weighted by molar-refractivity contribution is 0.112. The second kappa shape index (κ2) is 3.37. The zero-order valence-electron chi connectivity index (χ0n) is 7.09. The minimum Gasteiger partial charge on any atom is -0.298 e. The molecule has 4 nitrogen and oxygen atoms in total. The average molecular weight is 191 g/mol. The molecular formula is C9H6FN3O. The Kier molecular flexibility index (Phi) is 2.06. The molecule has 0 aliphatic carbocycles. The van der Waals surface area contributed by atoms with Crippen LogP contribution in [0.2, 0.25) is 0 Å². The molecule has 2 aromatic rings. The van der Waals surface area contributed by atoms with Crippen LogP contribution in [0.4, 0.5) is 4.39 Å². The average Bonchev–Trinajstić information content (AvgIpc) is 2.70. The van der Waals surface area contributed by atoms with Crippen LogP contribution in [0.15, 0.2) is 30.9 Å². The molecule has 0 N–H and O–H groups in total. The standard InChI is InChI=1S/C9H6FN3O/c10-8-3-7(4-14)1-2-9(8)13-5-11-12-6-13/h1-6H. The first kappa shape index (κ1) is 8.55. The number of benzene rings is 1. The summed E-state index contributed by atoms with van der Waals surface area (Å²) in [5.41, 5.74) is 0.625. The molecule has 0 atom stereocenters. The van der Waals surface area contributed by atoms with E-state index in [1.54, 1.807) is 0 Å². The Balaban J connectivity index is 2.51. The molecule has 0 aliphatic rings. The molecule has 14 heavy (non-hydrogen) atoms. The van der Waals surface area contributed by atoms with Crippen molar-refractivity contribution in [2.45, 2.75) is 0 Å². The molecule has 0 bridgehead atoms. The van der Waals surface area contributed by atoms with E-state index < -0.39 is 5.82 Å². The van der Waals surface area contributed by atoms with E-state index in [1.165, 1.54) is 35.4 Å². The highest BCUT2D eigenvalue weighted by Crippen LogP contribution is 2.13. The number of aromatic nitrogens is 3. The van der Waals surface area contributed by atoms with Crippen LogP contribution < -0.4 is 0 Å². The maximum absolute atomic E-state index is 13.4. The normalized spacial score (nSPS) is 10.1. The third-order valence-corrected chi connectivity index (χ3v) is 1.80. The highest BCUT2D eigenvalue weighted by molar-refractivity contribution is 5.75. The second-order valence-corrected chi connectivity index (χ2v) is 2.70. The Bertz CT molecular complexity index is 453. The second-order valence-electron chi connectivity index (χ2n) is 2.70. The summed E-state index contributed by atoms with van der Waals surface area (Å²) in [6.07, 6.45) is 3.37. The summed E-state index contributed by atoms with van der Waals surface area (Å²) in [6.45, 7) is 0. The van der Waals surface area contributed by atoms with Gasteiger partial charge in [0.15, 0.2) is 0 Å². The van der Waals surface area contributed by atoms with E-state index in [2.05, 4.69) is 10.2 Å². The highest BCUT2D eigenvalue weighted by Gasteiger charge is 2.04. The van der Waals surface area contributed by atoms with Crippen LogP contribution in [-0.2, 0) is 0 Å². The van der Waals surface area contributed by atoms with Crippen molar-refractivity contribution < 1.29 is 9.18 Å². The predicted molar refractivity (Wildman–Crippen MR) is 46.7 cm³/mol. The SMILES string of the molecule is O=Cc1ccc(-n2cnnc2)c(F)c1. The Morgan fingerprint density at radius 3 is 2.57 bits per heavy atom. The van der Waals surface area contributed by atoms with Crippen molar-refractivity contribution in [3.8, 4) is 5.69 Å². The van der Waals surface area contributed by atoms with E-state index in [9.17, 15) is 9.18 Å². The monoisotopic (exact) mass is 191 g/mol. The summed E-state index contributed by atoms with van der Waals surface area (Å²) in [7, 11) is 0. The van der Waals surface area contributed by atoms with Crippen molar-refractivity contribution in [3.05, 3.63) is 42.2 Å². The van der Waals surface area contributed by atoms with Gasteiger partial charge in [0, 0.05) is 5.56 Å². The van der Waals surface area contributed by atoms with Gasteiger partial charge in [-0.2, -0.15) is 0 Å². The van der Waals surface area contributed by atoms with Crippen LogP contribution in [-0.4, -0.2) is 21.1 Å². The lowest BCUT2D eigenvalue weighted by Crippen LogP contribution is -1.95. The molecular weight excluding hydrogens is 185 g/mol. The third-order valence-electron chi connectivity index (χ3n) is 1.80. The predicted octanol–water partition coefficient (Wildman–Crippen LogP) is 1.22. The fourth-order valence-corrected chi connectivity index (χ4v) is 1.13. The number of rotatable bonds is 2. The van der Waals surface area contributed by atoms with Crippen molar-refractivity contribution in [1.29, 1.82) is 0 Å². The Hall–Kier alpha value is -2.04. The molecule has 1 aromatic heterocycles. The maximum atomic E-state index is 13.4. The van der Waals surface area contributed by atoms with Gasteiger partial charge in [-0.3, -0.25) is 9.36 Å². The van der Waals surface area contributed by atoms with Crippen LogP contribution >= 0.6 is 0 Å². The summed E-state index contributed by atoms with van der Waals surface area (Å²) in [6, 6.07) is 4.20. The van der Waals surface area contributed by atoms with Crippen LogP contribution in [0.3, 0.4) is 0 Å². The van der Waals surface area contributed by atoms with Gasteiger partial charge in [-0.1, -0.05) is 0 Å². The molecule has 1 aromatic carbocycles. The van der Waals surface area contributed by atoms with Gasteiger partial charge in [-0.25, -0.2) is 4.39 Å². The molecule has 0 aliphatic heterocycles. The fourth-order valence-electron chi connectivity index (χ4n) is 1.13. The number of carbonyl (C=O) groups is 1. The first-order valence-electron chi connectivity index (χ1n) is 3.91. The molecule has 2 rings (SSSR count). The van der Waals surface area contributed by atoms with Crippen molar-refractivity contribution >= 4 is 6.29 Å². The first-order chi connectivity index (χ1) is 6.81. The van der Waals surface area contributed by atoms with E-state index in [4.69, 9.17) is 0 Å². The molecule has 0 saturated carbocycles. The van der Waals surface area contributed by atoms with E-state index in [-0.39, 0.29) is 0 Å². The quantitative estimate of drug-likeness (QED) is 0.670. The van der Waals surface area contributed by atoms with Gasteiger partial charge < -0.3 is 0 Å². The molecule has 0 amide bonds. The van der Waals surface area contributed by atoms with Crippen LogP contribution in [0, 0.1) is 5.82 Å². The molecule has 0 saturated heterocycles. The summed E-state index contributed by atoms with van der Waals surface area (Å²) in [4.78, 5) is 10.4. The van der Waals surface area contributed by atoms with Crippen molar-refractivity contribution in [3.63, 3.8) is 0 Å². The summed E-state index contributed by atoms with van der Waals surface area (Å²) in [5, 5.41) is 7.12. The third kappa shape index (κ3) is 1.39. The van der Waals surface area contributed by atoms with Gasteiger partial charge in [-0.05, 0) is 18.2 Å². The number of carbonyl (C=O) groups excluding carboxylic acids is 1. The largest absolute Gasteiger partial charge is 0.298 e. The minimum absolute atomic E-state index is 0.305. The topological polar surface area (TPSA) is 47.8 Å². The van der Waals surface area contributed by atoms with Crippen molar-refractivity contribution in [2.75, 3.05) is 0 Å². The summed E-state index contributed by atoms with van der Waals surface area (Å²) < 4.78 is 14.8. The minimum atomic E-state index is -0.477. The highest BCUT2D eigenvalue weighted by atomic mass is 19.1. The molecule has 0 spiro atoms. The van der Waals surface area contributed by atoms with Crippen LogP contribution in [0.1, 0.15) is 10.4 Å². The number of nitrogens with zero attached hydrogens (tertiary/aromatic N) is 3. The van der Waals surface area contributed by atoms with E-state index in [1.807, 2.05) is 0 Å². The molecule has 0 fully saturated rings. The lowest BCUT2D eigenvalue weighted by Gasteiger charge is -2.02. The first-order valence-corrected chi connectivity index (χ1v) is 3.91. The number of hydrogen-bond acceptors (Lipinski definition) is 3. The Morgan fingerprint density at radius 2 is 2.00 bits per heavy atom. The van der Waals surface area contributed by atoms with Gasteiger partial charge in [0.05, 0.1) is 5.69 Å².